The van der Waals surface area contributed by atoms with Crippen LogP contribution in [0, 0.1) is 5.92 Å². The molecule has 2 amide bonds. The number of hydrogen-bond donors (Lipinski definition) is 1. The fraction of sp³-hybridized carbons (Fsp3) is 0.625. The van der Waals surface area contributed by atoms with Gasteiger partial charge in [-0.25, -0.2) is 0 Å². The molecule has 1 aromatic rings. The molecule has 114 valence electrons. The Morgan fingerprint density at radius 2 is 1.86 bits per heavy atom. The van der Waals surface area contributed by atoms with Gasteiger partial charge in [-0.1, -0.05) is 6.42 Å². The van der Waals surface area contributed by atoms with Gasteiger partial charge in [0.25, 0.3) is 0 Å². The van der Waals surface area contributed by atoms with E-state index in [-0.39, 0.29) is 11.8 Å². The van der Waals surface area contributed by atoms with Crippen LogP contribution in [0.1, 0.15) is 31.2 Å². The smallest absolute Gasteiger partial charge is 0.227 e. The van der Waals surface area contributed by atoms with E-state index in [1.165, 1.54) is 6.42 Å². The minimum absolute atomic E-state index is 0.160. The van der Waals surface area contributed by atoms with Crippen LogP contribution in [0.4, 0.5) is 0 Å². The molecular weight excluding hydrogens is 266 g/mol. The van der Waals surface area contributed by atoms with Crippen molar-refractivity contribution >= 4 is 11.8 Å². The number of hydrogen-bond acceptors (Lipinski definition) is 2. The highest BCUT2D eigenvalue weighted by molar-refractivity contribution is 5.80. The van der Waals surface area contributed by atoms with Crippen LogP contribution in [-0.4, -0.2) is 52.8 Å². The second-order valence-electron chi connectivity index (χ2n) is 6.08. The maximum Gasteiger partial charge on any atom is 0.227 e. The lowest BCUT2D eigenvalue weighted by atomic mass is 9.84. The molecule has 1 N–H and O–H groups in total. The van der Waals surface area contributed by atoms with Gasteiger partial charge in [0.2, 0.25) is 11.8 Å². The number of nitrogens with one attached hydrogen (secondary N) is 1. The first-order chi connectivity index (χ1) is 10.2. The number of H-pyrrole nitrogens is 1. The van der Waals surface area contributed by atoms with E-state index in [1.807, 2.05) is 28.3 Å². The van der Waals surface area contributed by atoms with Crippen molar-refractivity contribution in [1.29, 1.82) is 0 Å². The molecule has 0 aromatic carbocycles. The number of rotatable bonds is 3. The minimum atomic E-state index is 0.160. The van der Waals surface area contributed by atoms with Gasteiger partial charge in [-0.2, -0.15) is 0 Å². The molecule has 21 heavy (non-hydrogen) atoms. The fourth-order valence-electron chi connectivity index (χ4n) is 3.06. The van der Waals surface area contributed by atoms with E-state index in [1.54, 1.807) is 0 Å². The average Bonchev–Trinajstić information content (AvgIpc) is 2.78. The number of aromatic nitrogens is 1. The zero-order valence-corrected chi connectivity index (χ0v) is 12.4. The highest BCUT2D eigenvalue weighted by Crippen LogP contribution is 2.28. The van der Waals surface area contributed by atoms with Crippen molar-refractivity contribution in [2.45, 2.75) is 32.1 Å². The Balaban J connectivity index is 1.52. The van der Waals surface area contributed by atoms with Gasteiger partial charge in [0.15, 0.2) is 0 Å². The second kappa shape index (κ2) is 6.33. The van der Waals surface area contributed by atoms with E-state index in [0.717, 1.165) is 37.9 Å². The average molecular weight is 289 g/mol. The van der Waals surface area contributed by atoms with Gasteiger partial charge in [0.05, 0.1) is 6.42 Å². The largest absolute Gasteiger partial charge is 0.367 e. The Bertz CT molecular complexity index is 494. The van der Waals surface area contributed by atoms with Gasteiger partial charge in [-0.05, 0) is 30.9 Å². The molecule has 5 heteroatoms. The molecule has 0 radical (unpaired) electrons. The van der Waals surface area contributed by atoms with Gasteiger partial charge in [-0.3, -0.25) is 9.59 Å². The summed E-state index contributed by atoms with van der Waals surface area (Å²) in [6, 6.07) is 1.93. The van der Waals surface area contributed by atoms with E-state index in [9.17, 15) is 9.59 Å². The normalized spacial score (nSPS) is 20.0. The molecule has 2 aliphatic rings. The second-order valence-corrected chi connectivity index (χ2v) is 6.08. The monoisotopic (exact) mass is 289 g/mol. The van der Waals surface area contributed by atoms with Crippen LogP contribution in [0.5, 0.6) is 0 Å². The number of carbonyl (C=O) groups excluding carboxylic acids is 2. The summed E-state index contributed by atoms with van der Waals surface area (Å²) in [4.78, 5) is 31.4. The number of carbonyl (C=O) groups is 2. The summed E-state index contributed by atoms with van der Waals surface area (Å²) >= 11 is 0. The summed E-state index contributed by atoms with van der Waals surface area (Å²) in [6.07, 6.45) is 8.31. The molecule has 5 nitrogen and oxygen atoms in total. The summed E-state index contributed by atoms with van der Waals surface area (Å²) < 4.78 is 0. The Hall–Kier alpha value is -1.78. The van der Waals surface area contributed by atoms with E-state index in [2.05, 4.69) is 4.98 Å². The lowest BCUT2D eigenvalue weighted by Crippen LogP contribution is -2.41. The van der Waals surface area contributed by atoms with Crippen molar-refractivity contribution in [2.24, 2.45) is 5.92 Å². The van der Waals surface area contributed by atoms with Crippen LogP contribution < -0.4 is 0 Å². The van der Waals surface area contributed by atoms with Crippen LogP contribution in [0.15, 0.2) is 18.5 Å². The summed E-state index contributed by atoms with van der Waals surface area (Å²) in [6.45, 7) is 2.91. The predicted molar refractivity (Wildman–Crippen MR) is 79.6 cm³/mol. The maximum absolute atomic E-state index is 12.3. The molecule has 0 unspecified atom stereocenters. The third kappa shape index (κ3) is 3.28. The third-order valence-electron chi connectivity index (χ3n) is 4.63. The van der Waals surface area contributed by atoms with E-state index >= 15 is 0 Å². The topological polar surface area (TPSA) is 56.4 Å². The van der Waals surface area contributed by atoms with Crippen LogP contribution >= 0.6 is 0 Å². The van der Waals surface area contributed by atoms with Crippen molar-refractivity contribution < 1.29 is 9.59 Å². The molecule has 1 aliphatic carbocycles. The minimum Gasteiger partial charge on any atom is -0.367 e. The molecule has 3 rings (SSSR count). The van der Waals surface area contributed by atoms with Crippen molar-refractivity contribution in [2.75, 3.05) is 26.2 Å². The zero-order chi connectivity index (χ0) is 14.7. The summed E-state index contributed by atoms with van der Waals surface area (Å²) in [5, 5.41) is 0. The summed E-state index contributed by atoms with van der Waals surface area (Å²) in [7, 11) is 0. The first kappa shape index (κ1) is 14.2. The van der Waals surface area contributed by atoms with Crippen molar-refractivity contribution in [3.8, 4) is 0 Å². The SMILES string of the molecule is O=C(Cc1cc[nH]c1)N1CCCN(C(=O)C2CCC2)CC1. The first-order valence-electron chi connectivity index (χ1n) is 7.92. The Labute approximate surface area is 125 Å². The highest BCUT2D eigenvalue weighted by atomic mass is 16.2. The summed E-state index contributed by atoms with van der Waals surface area (Å²) in [5.74, 6) is 0.723. The third-order valence-corrected chi connectivity index (χ3v) is 4.63. The maximum atomic E-state index is 12.3. The summed E-state index contributed by atoms with van der Waals surface area (Å²) in [5.41, 5.74) is 1.02. The first-order valence-corrected chi connectivity index (χ1v) is 7.92. The molecule has 1 aromatic heterocycles. The zero-order valence-electron chi connectivity index (χ0n) is 12.4. The van der Waals surface area contributed by atoms with E-state index < -0.39 is 0 Å². The van der Waals surface area contributed by atoms with Gasteiger partial charge in [0.1, 0.15) is 0 Å². The molecule has 2 fully saturated rings. The molecule has 1 saturated carbocycles. The van der Waals surface area contributed by atoms with Crippen molar-refractivity contribution in [1.82, 2.24) is 14.8 Å². The quantitative estimate of drug-likeness (QED) is 0.915. The molecule has 2 heterocycles. The van der Waals surface area contributed by atoms with Crippen molar-refractivity contribution in [3.63, 3.8) is 0 Å². The Morgan fingerprint density at radius 3 is 2.52 bits per heavy atom. The van der Waals surface area contributed by atoms with Gasteiger partial charge in [0, 0.05) is 44.5 Å². The van der Waals surface area contributed by atoms with E-state index in [4.69, 9.17) is 0 Å². The number of aromatic amines is 1. The fourth-order valence-corrected chi connectivity index (χ4v) is 3.06. The van der Waals surface area contributed by atoms with Crippen molar-refractivity contribution in [3.05, 3.63) is 24.0 Å². The van der Waals surface area contributed by atoms with E-state index in [0.29, 0.717) is 25.4 Å². The standard InChI is InChI=1S/C16H23N3O2/c20-15(11-13-5-6-17-12-13)18-7-2-8-19(10-9-18)16(21)14-3-1-4-14/h5-6,12,14,17H,1-4,7-11H2. The van der Waals surface area contributed by atoms with Gasteiger partial charge in [-0.15, -0.1) is 0 Å². The lowest BCUT2D eigenvalue weighted by molar-refractivity contribution is -0.138. The van der Waals surface area contributed by atoms with Gasteiger partial charge >= 0.3 is 0 Å². The Morgan fingerprint density at radius 1 is 1.10 bits per heavy atom. The molecular formula is C16H23N3O2. The van der Waals surface area contributed by atoms with Crippen LogP contribution in [0.25, 0.3) is 0 Å². The molecule has 1 aliphatic heterocycles. The predicted octanol–water partition coefficient (Wildman–Crippen LogP) is 1.42. The van der Waals surface area contributed by atoms with Gasteiger partial charge < -0.3 is 14.8 Å². The Kier molecular flexibility index (Phi) is 4.27. The highest BCUT2D eigenvalue weighted by Gasteiger charge is 2.30. The van der Waals surface area contributed by atoms with Crippen LogP contribution in [-0.2, 0) is 16.0 Å². The molecule has 1 saturated heterocycles. The number of nitrogens with zero attached hydrogens (tertiary/aromatic N) is 2. The van der Waals surface area contributed by atoms with Crippen LogP contribution in [0.2, 0.25) is 0 Å². The molecule has 0 spiro atoms. The molecule has 0 bridgehead atoms. The van der Waals surface area contributed by atoms with Crippen LogP contribution in [0.3, 0.4) is 0 Å². The lowest BCUT2D eigenvalue weighted by Gasteiger charge is -2.31. The number of amides is 2. The molecule has 0 atom stereocenters.